The summed E-state index contributed by atoms with van der Waals surface area (Å²) in [4.78, 5) is 26.1. The molecule has 7 nitrogen and oxygen atoms in total. The predicted octanol–water partition coefficient (Wildman–Crippen LogP) is 2.60. The molecule has 0 saturated carbocycles. The highest BCUT2D eigenvalue weighted by atomic mass is 79.9. The van der Waals surface area contributed by atoms with Gasteiger partial charge in [0.1, 0.15) is 5.75 Å². The number of benzene rings is 1. The van der Waals surface area contributed by atoms with Crippen molar-refractivity contribution in [1.29, 1.82) is 0 Å². The summed E-state index contributed by atoms with van der Waals surface area (Å²) in [5.74, 6) is 1.70. The Morgan fingerprint density at radius 2 is 2.10 bits per heavy atom. The van der Waals surface area contributed by atoms with E-state index in [0.29, 0.717) is 32.6 Å². The van der Waals surface area contributed by atoms with Gasteiger partial charge in [0.2, 0.25) is 11.9 Å². The van der Waals surface area contributed by atoms with Crippen molar-refractivity contribution in [2.24, 2.45) is 0 Å². The van der Waals surface area contributed by atoms with Gasteiger partial charge in [-0.05, 0) is 52.0 Å². The van der Waals surface area contributed by atoms with Crippen molar-refractivity contribution in [3.05, 3.63) is 45.7 Å². The highest BCUT2D eigenvalue weighted by molar-refractivity contribution is 9.10. The largest absolute Gasteiger partial charge is 0.496 e. The summed E-state index contributed by atoms with van der Waals surface area (Å²) in [7, 11) is 1.64. The van der Waals surface area contributed by atoms with Gasteiger partial charge >= 0.3 is 0 Å². The number of ether oxygens (including phenoxy) is 2. The molecule has 0 aliphatic carbocycles. The smallest absolute Gasteiger partial charge is 0.225 e. The first-order valence-electron chi connectivity index (χ1n) is 9.91. The number of amides is 1. The van der Waals surface area contributed by atoms with Crippen molar-refractivity contribution in [1.82, 2.24) is 14.9 Å². The molecule has 1 saturated heterocycles. The summed E-state index contributed by atoms with van der Waals surface area (Å²) in [6, 6.07) is 5.94. The standard InChI is InChI=1S/C21H25BrN4O3/c1-28-19-4-2-15(12-17(19)22)3-5-20(27)26-7-6-16-13-23-21(24-18(16)14-26)25-8-10-29-11-9-25/h2,4,12-13H,3,5-11,14H2,1H3. The highest BCUT2D eigenvalue weighted by Crippen LogP contribution is 2.26. The molecule has 8 heteroatoms. The number of aryl methyl sites for hydroxylation is 1. The van der Waals surface area contributed by atoms with E-state index in [0.717, 1.165) is 59.0 Å². The molecule has 0 spiro atoms. The first kappa shape index (κ1) is 20.1. The number of aromatic nitrogens is 2. The summed E-state index contributed by atoms with van der Waals surface area (Å²) in [6.07, 6.45) is 3.91. The molecule has 2 aliphatic rings. The second-order valence-corrected chi connectivity index (χ2v) is 8.13. The average Bonchev–Trinajstić information content (AvgIpc) is 2.77. The van der Waals surface area contributed by atoms with E-state index in [2.05, 4.69) is 25.8 Å². The lowest BCUT2D eigenvalue weighted by molar-refractivity contribution is -0.132. The number of hydrogen-bond donors (Lipinski definition) is 0. The van der Waals surface area contributed by atoms with Gasteiger partial charge in [0, 0.05) is 32.3 Å². The van der Waals surface area contributed by atoms with Crippen molar-refractivity contribution < 1.29 is 14.3 Å². The molecule has 0 atom stereocenters. The van der Waals surface area contributed by atoms with Gasteiger partial charge in [0.05, 0.1) is 37.0 Å². The summed E-state index contributed by atoms with van der Waals surface area (Å²) in [5, 5.41) is 0. The maximum atomic E-state index is 12.8. The van der Waals surface area contributed by atoms with Gasteiger partial charge in [-0.3, -0.25) is 4.79 Å². The van der Waals surface area contributed by atoms with E-state index in [-0.39, 0.29) is 5.91 Å². The van der Waals surface area contributed by atoms with Gasteiger partial charge in [0.15, 0.2) is 0 Å². The molecular formula is C21H25BrN4O3. The van der Waals surface area contributed by atoms with Crippen LogP contribution < -0.4 is 9.64 Å². The van der Waals surface area contributed by atoms with Gasteiger partial charge < -0.3 is 19.3 Å². The van der Waals surface area contributed by atoms with Crippen LogP contribution in [0.2, 0.25) is 0 Å². The molecule has 1 amide bonds. The average molecular weight is 461 g/mol. The van der Waals surface area contributed by atoms with E-state index in [1.54, 1.807) is 7.11 Å². The van der Waals surface area contributed by atoms with Crippen LogP contribution in [0.15, 0.2) is 28.9 Å². The topological polar surface area (TPSA) is 67.8 Å². The van der Waals surface area contributed by atoms with Gasteiger partial charge in [0.25, 0.3) is 0 Å². The number of rotatable bonds is 5. The van der Waals surface area contributed by atoms with E-state index in [9.17, 15) is 4.79 Å². The molecule has 1 aromatic heterocycles. The van der Waals surface area contributed by atoms with Gasteiger partial charge in [-0.2, -0.15) is 0 Å². The van der Waals surface area contributed by atoms with Crippen LogP contribution in [0.4, 0.5) is 5.95 Å². The van der Waals surface area contributed by atoms with E-state index in [1.165, 1.54) is 0 Å². The van der Waals surface area contributed by atoms with Crippen LogP contribution in [0.3, 0.4) is 0 Å². The fourth-order valence-corrected chi connectivity index (χ4v) is 4.28. The number of morpholine rings is 1. The van der Waals surface area contributed by atoms with Crippen molar-refractivity contribution in [2.75, 3.05) is 44.9 Å². The van der Waals surface area contributed by atoms with Gasteiger partial charge in [-0.25, -0.2) is 9.97 Å². The lowest BCUT2D eigenvalue weighted by Crippen LogP contribution is -2.39. The molecule has 29 heavy (non-hydrogen) atoms. The third kappa shape index (κ3) is 4.70. The first-order chi connectivity index (χ1) is 14.1. The Morgan fingerprint density at radius 1 is 1.28 bits per heavy atom. The molecule has 4 rings (SSSR count). The Hall–Kier alpha value is -2.19. The van der Waals surface area contributed by atoms with E-state index >= 15 is 0 Å². The number of methoxy groups -OCH3 is 1. The van der Waals surface area contributed by atoms with Crippen LogP contribution in [0.5, 0.6) is 5.75 Å². The molecule has 0 unspecified atom stereocenters. The molecule has 3 heterocycles. The van der Waals surface area contributed by atoms with Crippen LogP contribution in [0.25, 0.3) is 0 Å². The Bertz CT molecular complexity index is 886. The Morgan fingerprint density at radius 3 is 2.86 bits per heavy atom. The molecule has 0 bridgehead atoms. The SMILES string of the molecule is COc1ccc(CCC(=O)N2CCc3cnc(N4CCOCC4)nc3C2)cc1Br. The molecule has 1 aromatic carbocycles. The lowest BCUT2D eigenvalue weighted by atomic mass is 10.1. The summed E-state index contributed by atoms with van der Waals surface area (Å²) in [5.41, 5.74) is 3.22. The van der Waals surface area contributed by atoms with Crippen molar-refractivity contribution >= 4 is 27.8 Å². The Balaban J connectivity index is 1.38. The maximum absolute atomic E-state index is 12.8. The van der Waals surface area contributed by atoms with Crippen LogP contribution in [0, 0.1) is 0 Å². The Kier molecular flexibility index (Phi) is 6.30. The molecule has 1 fully saturated rings. The quantitative estimate of drug-likeness (QED) is 0.682. The van der Waals surface area contributed by atoms with E-state index < -0.39 is 0 Å². The van der Waals surface area contributed by atoms with E-state index in [1.807, 2.05) is 29.3 Å². The number of carbonyl (C=O) groups excluding carboxylic acids is 1. The van der Waals surface area contributed by atoms with Gasteiger partial charge in [-0.15, -0.1) is 0 Å². The number of hydrogen-bond acceptors (Lipinski definition) is 6. The second-order valence-electron chi connectivity index (χ2n) is 7.28. The Labute approximate surface area is 179 Å². The number of halogens is 1. The molecule has 2 aromatic rings. The number of nitrogens with zero attached hydrogens (tertiary/aromatic N) is 4. The highest BCUT2D eigenvalue weighted by Gasteiger charge is 2.24. The molecule has 154 valence electrons. The number of carbonyl (C=O) groups is 1. The van der Waals surface area contributed by atoms with Crippen molar-refractivity contribution in [3.8, 4) is 5.75 Å². The number of anilines is 1. The second kappa shape index (κ2) is 9.09. The minimum Gasteiger partial charge on any atom is -0.496 e. The summed E-state index contributed by atoms with van der Waals surface area (Å²) >= 11 is 3.50. The maximum Gasteiger partial charge on any atom is 0.225 e. The predicted molar refractivity (Wildman–Crippen MR) is 113 cm³/mol. The minimum atomic E-state index is 0.161. The third-order valence-electron chi connectivity index (χ3n) is 5.42. The monoisotopic (exact) mass is 460 g/mol. The van der Waals surface area contributed by atoms with Crippen LogP contribution >= 0.6 is 15.9 Å². The van der Waals surface area contributed by atoms with Crippen LogP contribution in [-0.2, 0) is 28.9 Å². The molecular weight excluding hydrogens is 436 g/mol. The van der Waals surface area contributed by atoms with E-state index in [4.69, 9.17) is 14.5 Å². The van der Waals surface area contributed by atoms with Crippen molar-refractivity contribution in [3.63, 3.8) is 0 Å². The summed E-state index contributed by atoms with van der Waals surface area (Å²) in [6.45, 7) is 4.29. The molecule has 0 N–H and O–H groups in total. The zero-order chi connectivity index (χ0) is 20.2. The molecule has 0 radical (unpaired) electrons. The molecule has 2 aliphatic heterocycles. The zero-order valence-electron chi connectivity index (χ0n) is 16.6. The van der Waals surface area contributed by atoms with Crippen LogP contribution in [0.1, 0.15) is 23.2 Å². The fourth-order valence-electron chi connectivity index (χ4n) is 3.70. The third-order valence-corrected chi connectivity index (χ3v) is 6.04. The summed E-state index contributed by atoms with van der Waals surface area (Å²) < 4.78 is 11.6. The van der Waals surface area contributed by atoms with Crippen molar-refractivity contribution in [2.45, 2.75) is 25.8 Å². The first-order valence-corrected chi connectivity index (χ1v) is 10.7. The minimum absolute atomic E-state index is 0.161. The lowest BCUT2D eigenvalue weighted by Gasteiger charge is -2.30. The normalized spacial score (nSPS) is 16.5. The van der Waals surface area contributed by atoms with Gasteiger partial charge in [-0.1, -0.05) is 6.07 Å². The fraction of sp³-hybridized carbons (Fsp3) is 0.476. The van der Waals surface area contributed by atoms with Crippen LogP contribution in [-0.4, -0.2) is 60.7 Å². The zero-order valence-corrected chi connectivity index (χ0v) is 18.2. The number of fused-ring (bicyclic) bond motifs is 1.